The number of likely N-dealkylation sites (N-methyl/N-ethyl adjacent to an activating group) is 1. The van der Waals surface area contributed by atoms with Crippen molar-refractivity contribution in [2.24, 2.45) is 0 Å². The van der Waals surface area contributed by atoms with Crippen LogP contribution >= 0.6 is 0 Å². The molecule has 0 bridgehead atoms. The molecule has 1 aliphatic rings. The number of Topliss-reactive ketones (excluding diaryl/α,β-unsaturated/α-hetero) is 1. The van der Waals surface area contributed by atoms with Crippen molar-refractivity contribution in [1.82, 2.24) is 14.7 Å². The molecule has 6 heteroatoms. The third-order valence-corrected chi connectivity index (χ3v) is 4.62. The highest BCUT2D eigenvalue weighted by atomic mass is 16.5. The Hall–Kier alpha value is -1.92. The molecule has 1 saturated heterocycles. The maximum Gasteiger partial charge on any atom is 0.236 e. The van der Waals surface area contributed by atoms with Crippen LogP contribution in [0.4, 0.5) is 0 Å². The fourth-order valence-corrected chi connectivity index (χ4v) is 3.04. The van der Waals surface area contributed by atoms with Gasteiger partial charge in [0.05, 0.1) is 13.7 Å². The highest BCUT2D eigenvalue weighted by Gasteiger charge is 2.19. The first-order valence-electron chi connectivity index (χ1n) is 8.73. The van der Waals surface area contributed by atoms with Crippen molar-refractivity contribution in [3.63, 3.8) is 0 Å². The van der Waals surface area contributed by atoms with Gasteiger partial charge in [0.15, 0.2) is 5.78 Å². The molecule has 0 spiro atoms. The topological polar surface area (TPSA) is 53.1 Å². The van der Waals surface area contributed by atoms with E-state index in [-0.39, 0.29) is 11.7 Å². The summed E-state index contributed by atoms with van der Waals surface area (Å²) in [7, 11) is 5.24. The molecule has 138 valence electrons. The molecule has 0 radical (unpaired) electrons. The van der Waals surface area contributed by atoms with E-state index in [1.54, 1.807) is 33.0 Å². The number of methoxy groups -OCH3 is 1. The van der Waals surface area contributed by atoms with Gasteiger partial charge in [-0.25, -0.2) is 0 Å². The molecule has 1 fully saturated rings. The molecular formula is C19H29N3O3. The number of nitrogens with zero attached hydrogens (tertiary/aromatic N) is 3. The molecule has 0 aromatic heterocycles. The highest BCUT2D eigenvalue weighted by Crippen LogP contribution is 2.22. The lowest BCUT2D eigenvalue weighted by atomic mass is 10.1. The monoisotopic (exact) mass is 347 g/mol. The first kappa shape index (κ1) is 19.4. The quantitative estimate of drug-likeness (QED) is 0.730. The Bertz CT molecular complexity index is 616. The lowest BCUT2D eigenvalue weighted by Gasteiger charge is -2.23. The summed E-state index contributed by atoms with van der Waals surface area (Å²) in [4.78, 5) is 29.8. The van der Waals surface area contributed by atoms with Crippen molar-refractivity contribution in [3.8, 4) is 5.75 Å². The third-order valence-electron chi connectivity index (χ3n) is 4.62. The smallest absolute Gasteiger partial charge is 0.236 e. The van der Waals surface area contributed by atoms with Crippen LogP contribution in [0.2, 0.25) is 0 Å². The van der Waals surface area contributed by atoms with Crippen LogP contribution in [0, 0.1) is 0 Å². The van der Waals surface area contributed by atoms with E-state index in [0.29, 0.717) is 12.1 Å². The van der Waals surface area contributed by atoms with Crippen molar-refractivity contribution < 1.29 is 14.3 Å². The molecule has 1 aromatic rings. The second-order valence-electron chi connectivity index (χ2n) is 6.78. The summed E-state index contributed by atoms with van der Waals surface area (Å²) in [5.74, 6) is 1.02. The molecule has 0 atom stereocenters. The fraction of sp³-hybridized carbons (Fsp3) is 0.579. The summed E-state index contributed by atoms with van der Waals surface area (Å²) in [6.07, 6.45) is 1.02. The van der Waals surface area contributed by atoms with Gasteiger partial charge in [-0.05, 0) is 44.6 Å². The number of benzene rings is 1. The normalized spacial score (nSPS) is 16.3. The van der Waals surface area contributed by atoms with Gasteiger partial charge in [-0.2, -0.15) is 0 Å². The minimum atomic E-state index is 0.0631. The van der Waals surface area contributed by atoms with E-state index in [9.17, 15) is 9.59 Å². The maximum absolute atomic E-state index is 11.9. The van der Waals surface area contributed by atoms with Gasteiger partial charge in [0.2, 0.25) is 5.91 Å². The van der Waals surface area contributed by atoms with Crippen molar-refractivity contribution in [1.29, 1.82) is 0 Å². The van der Waals surface area contributed by atoms with Crippen LogP contribution in [0.25, 0.3) is 0 Å². The summed E-state index contributed by atoms with van der Waals surface area (Å²) in [6.45, 7) is 6.48. The van der Waals surface area contributed by atoms with E-state index < -0.39 is 0 Å². The molecule has 1 aliphatic heterocycles. The molecule has 0 N–H and O–H groups in total. The van der Waals surface area contributed by atoms with E-state index in [1.165, 1.54) is 0 Å². The summed E-state index contributed by atoms with van der Waals surface area (Å²) in [5, 5.41) is 0. The zero-order chi connectivity index (χ0) is 18.4. The first-order chi connectivity index (χ1) is 11.9. The molecule has 0 unspecified atom stereocenters. The summed E-state index contributed by atoms with van der Waals surface area (Å²) in [6, 6.07) is 5.60. The lowest BCUT2D eigenvalue weighted by Crippen LogP contribution is -2.38. The average molecular weight is 347 g/mol. The van der Waals surface area contributed by atoms with E-state index in [1.807, 2.05) is 18.2 Å². The van der Waals surface area contributed by atoms with Crippen LogP contribution in [0.5, 0.6) is 5.75 Å². The predicted octanol–water partition coefficient (Wildman–Crippen LogP) is 1.49. The Balaban J connectivity index is 2.00. The molecule has 1 heterocycles. The van der Waals surface area contributed by atoms with E-state index in [0.717, 1.165) is 50.5 Å². The third kappa shape index (κ3) is 5.54. The predicted molar refractivity (Wildman–Crippen MR) is 98.0 cm³/mol. The van der Waals surface area contributed by atoms with Gasteiger partial charge in [0.25, 0.3) is 0 Å². The molecule has 0 saturated carbocycles. The van der Waals surface area contributed by atoms with E-state index in [2.05, 4.69) is 9.80 Å². The van der Waals surface area contributed by atoms with Crippen LogP contribution < -0.4 is 4.74 Å². The Kier molecular flexibility index (Phi) is 6.96. The Morgan fingerprint density at radius 3 is 2.44 bits per heavy atom. The Labute approximate surface area is 150 Å². The van der Waals surface area contributed by atoms with Gasteiger partial charge in [-0.1, -0.05) is 0 Å². The van der Waals surface area contributed by atoms with Gasteiger partial charge in [-0.3, -0.25) is 19.4 Å². The van der Waals surface area contributed by atoms with Gasteiger partial charge in [0.1, 0.15) is 5.75 Å². The van der Waals surface area contributed by atoms with Crippen molar-refractivity contribution in [3.05, 3.63) is 29.3 Å². The maximum atomic E-state index is 11.9. The number of amides is 1. The zero-order valence-electron chi connectivity index (χ0n) is 15.7. The molecular weight excluding hydrogens is 318 g/mol. The average Bonchev–Trinajstić information content (AvgIpc) is 2.80. The number of carbonyl (C=O) groups excluding carboxylic acids is 2. The Morgan fingerprint density at radius 1 is 1.12 bits per heavy atom. The summed E-state index contributed by atoms with van der Waals surface area (Å²) < 4.78 is 5.45. The van der Waals surface area contributed by atoms with E-state index >= 15 is 0 Å². The molecule has 1 amide bonds. The van der Waals surface area contributed by atoms with Crippen molar-refractivity contribution in [2.45, 2.75) is 19.9 Å². The highest BCUT2D eigenvalue weighted by molar-refractivity contribution is 5.94. The largest absolute Gasteiger partial charge is 0.496 e. The van der Waals surface area contributed by atoms with Crippen LogP contribution in [0.3, 0.4) is 0 Å². The number of carbonyl (C=O) groups is 2. The van der Waals surface area contributed by atoms with Crippen LogP contribution in [0.1, 0.15) is 29.3 Å². The van der Waals surface area contributed by atoms with Crippen LogP contribution in [0.15, 0.2) is 18.2 Å². The van der Waals surface area contributed by atoms with Crippen molar-refractivity contribution >= 4 is 11.7 Å². The minimum absolute atomic E-state index is 0.0631. The minimum Gasteiger partial charge on any atom is -0.496 e. The van der Waals surface area contributed by atoms with Gasteiger partial charge >= 0.3 is 0 Å². The fourth-order valence-electron chi connectivity index (χ4n) is 3.04. The number of rotatable bonds is 6. The SMILES string of the molecule is COc1ccc(C(C)=O)cc1CN1CCCN(CC(=O)N(C)C)CC1. The number of hydrogen-bond acceptors (Lipinski definition) is 5. The summed E-state index contributed by atoms with van der Waals surface area (Å²) in [5.41, 5.74) is 1.75. The van der Waals surface area contributed by atoms with Crippen LogP contribution in [-0.2, 0) is 11.3 Å². The standard InChI is InChI=1S/C19H29N3O3/c1-15(23)16-6-7-18(25-4)17(12-16)13-21-8-5-9-22(11-10-21)14-19(24)20(2)3/h6-7,12H,5,8-11,13-14H2,1-4H3. The molecule has 2 rings (SSSR count). The summed E-state index contributed by atoms with van der Waals surface area (Å²) >= 11 is 0. The Morgan fingerprint density at radius 2 is 1.80 bits per heavy atom. The lowest BCUT2D eigenvalue weighted by molar-refractivity contribution is -0.129. The molecule has 25 heavy (non-hydrogen) atoms. The second kappa shape index (κ2) is 8.97. The zero-order valence-corrected chi connectivity index (χ0v) is 15.7. The van der Waals surface area contributed by atoms with Gasteiger partial charge in [-0.15, -0.1) is 0 Å². The number of hydrogen-bond donors (Lipinski definition) is 0. The number of ether oxygens (including phenoxy) is 1. The first-order valence-corrected chi connectivity index (χ1v) is 8.73. The molecule has 0 aliphatic carbocycles. The van der Waals surface area contributed by atoms with Gasteiger partial charge < -0.3 is 9.64 Å². The molecule has 1 aromatic carbocycles. The van der Waals surface area contributed by atoms with Crippen LogP contribution in [-0.4, -0.2) is 80.3 Å². The second-order valence-corrected chi connectivity index (χ2v) is 6.78. The molecule has 6 nitrogen and oxygen atoms in total. The van der Waals surface area contributed by atoms with E-state index in [4.69, 9.17) is 4.74 Å². The van der Waals surface area contributed by atoms with Crippen molar-refractivity contribution in [2.75, 3.05) is 53.9 Å². The van der Waals surface area contributed by atoms with Gasteiger partial charge in [0, 0.05) is 44.9 Å². The number of ketones is 1.